The molecule has 112 valence electrons. The topological polar surface area (TPSA) is 106 Å². The molecule has 7 nitrogen and oxygen atoms in total. The number of hydrogen-bond acceptors (Lipinski definition) is 6. The van der Waals surface area contributed by atoms with Crippen molar-refractivity contribution in [1.82, 2.24) is 9.71 Å². The minimum atomic E-state index is -3.71. The molecule has 0 bridgehead atoms. The van der Waals surface area contributed by atoms with Crippen molar-refractivity contribution >= 4 is 27.3 Å². The summed E-state index contributed by atoms with van der Waals surface area (Å²) in [6.07, 6.45) is 0. The van der Waals surface area contributed by atoms with Crippen LogP contribution in [0.2, 0.25) is 0 Å². The molecule has 21 heavy (non-hydrogen) atoms. The van der Waals surface area contributed by atoms with E-state index in [0.29, 0.717) is 10.8 Å². The molecular weight excluding hydrogens is 316 g/mol. The van der Waals surface area contributed by atoms with Crippen molar-refractivity contribution in [2.24, 2.45) is 0 Å². The molecule has 2 N–H and O–H groups in total. The molecular formula is C12H12N2O5S2. The van der Waals surface area contributed by atoms with Gasteiger partial charge in [-0.1, -0.05) is 6.07 Å². The molecule has 1 aromatic heterocycles. The van der Waals surface area contributed by atoms with Crippen molar-refractivity contribution in [2.75, 3.05) is 7.11 Å². The number of aromatic nitrogens is 1. The third kappa shape index (κ3) is 3.78. The van der Waals surface area contributed by atoms with E-state index < -0.39 is 16.0 Å². The molecule has 2 aromatic rings. The van der Waals surface area contributed by atoms with E-state index in [1.807, 2.05) is 0 Å². The second-order valence-corrected chi connectivity index (χ2v) is 6.64. The lowest BCUT2D eigenvalue weighted by molar-refractivity contribution is 0.0691. The smallest absolute Gasteiger partial charge is 0.355 e. The van der Waals surface area contributed by atoms with Crippen molar-refractivity contribution in [3.63, 3.8) is 0 Å². The van der Waals surface area contributed by atoms with Crippen LogP contribution in [0.25, 0.3) is 0 Å². The van der Waals surface area contributed by atoms with Crippen LogP contribution in [0.3, 0.4) is 0 Å². The molecule has 0 aliphatic rings. The van der Waals surface area contributed by atoms with Gasteiger partial charge >= 0.3 is 5.97 Å². The zero-order valence-electron chi connectivity index (χ0n) is 10.9. The normalized spacial score (nSPS) is 11.3. The average Bonchev–Trinajstić information content (AvgIpc) is 2.94. The Morgan fingerprint density at radius 2 is 2.24 bits per heavy atom. The molecule has 0 spiro atoms. The Morgan fingerprint density at radius 1 is 1.48 bits per heavy atom. The van der Waals surface area contributed by atoms with Gasteiger partial charge in [0.2, 0.25) is 10.0 Å². The van der Waals surface area contributed by atoms with Crippen LogP contribution < -0.4 is 9.46 Å². The lowest BCUT2D eigenvalue weighted by atomic mass is 10.3. The quantitative estimate of drug-likeness (QED) is 0.828. The summed E-state index contributed by atoms with van der Waals surface area (Å²) in [7, 11) is -2.27. The first-order valence-corrected chi connectivity index (χ1v) is 8.10. The maximum Gasteiger partial charge on any atom is 0.355 e. The van der Waals surface area contributed by atoms with E-state index in [1.54, 1.807) is 12.1 Å². The summed E-state index contributed by atoms with van der Waals surface area (Å²) in [6.45, 7) is -0.0719. The van der Waals surface area contributed by atoms with E-state index in [0.717, 1.165) is 11.3 Å². The van der Waals surface area contributed by atoms with Crippen LogP contribution in [-0.2, 0) is 16.6 Å². The first kappa shape index (κ1) is 15.4. The van der Waals surface area contributed by atoms with Crippen molar-refractivity contribution < 1.29 is 23.1 Å². The third-order valence-corrected chi connectivity index (χ3v) is 4.78. The summed E-state index contributed by atoms with van der Waals surface area (Å²) < 4.78 is 31.6. The number of sulfonamides is 1. The van der Waals surface area contributed by atoms with Gasteiger partial charge in [0.15, 0.2) is 5.69 Å². The van der Waals surface area contributed by atoms with Crippen LogP contribution in [0.15, 0.2) is 34.5 Å². The number of hydrogen-bond donors (Lipinski definition) is 2. The number of thiazole rings is 1. The largest absolute Gasteiger partial charge is 0.497 e. The predicted molar refractivity (Wildman–Crippen MR) is 76.1 cm³/mol. The van der Waals surface area contributed by atoms with Gasteiger partial charge in [-0.2, -0.15) is 0 Å². The summed E-state index contributed by atoms with van der Waals surface area (Å²) in [5.74, 6) is -0.714. The summed E-state index contributed by atoms with van der Waals surface area (Å²) in [5, 5.41) is 10.5. The fourth-order valence-corrected chi connectivity index (χ4v) is 3.32. The second kappa shape index (κ2) is 6.20. The molecule has 0 atom stereocenters. The van der Waals surface area contributed by atoms with Crippen molar-refractivity contribution in [3.05, 3.63) is 40.3 Å². The number of aromatic carboxylic acids is 1. The number of methoxy groups -OCH3 is 1. The standard InChI is InChI=1S/C12H12N2O5S2/c1-19-8-3-2-4-9(5-8)21(17,18)13-6-11-14-10(7-20-11)12(15)16/h2-5,7,13H,6H2,1H3,(H,15,16). The molecule has 1 aromatic carbocycles. The molecule has 0 saturated carbocycles. The van der Waals surface area contributed by atoms with Crippen molar-refractivity contribution in [1.29, 1.82) is 0 Å². The maximum absolute atomic E-state index is 12.1. The van der Waals surface area contributed by atoms with Gasteiger partial charge in [-0.3, -0.25) is 0 Å². The lowest BCUT2D eigenvalue weighted by Crippen LogP contribution is -2.23. The Bertz CT molecular complexity index is 755. The number of carboxylic acids is 1. The third-order valence-electron chi connectivity index (χ3n) is 2.54. The summed E-state index contributed by atoms with van der Waals surface area (Å²) in [4.78, 5) is 14.6. The fourth-order valence-electron chi connectivity index (χ4n) is 1.50. The molecule has 9 heteroatoms. The Balaban J connectivity index is 2.11. The van der Waals surface area contributed by atoms with E-state index in [2.05, 4.69) is 9.71 Å². The van der Waals surface area contributed by atoms with E-state index >= 15 is 0 Å². The summed E-state index contributed by atoms with van der Waals surface area (Å²) in [6, 6.07) is 6.04. The Labute approximate surface area is 125 Å². The number of carbonyl (C=O) groups is 1. The average molecular weight is 328 g/mol. The predicted octanol–water partition coefficient (Wildman–Crippen LogP) is 1.33. The molecule has 0 fully saturated rings. The van der Waals surface area contributed by atoms with Gasteiger partial charge < -0.3 is 9.84 Å². The first-order valence-electron chi connectivity index (χ1n) is 5.74. The fraction of sp³-hybridized carbons (Fsp3) is 0.167. The molecule has 0 aliphatic heterocycles. The molecule has 0 saturated heterocycles. The number of benzene rings is 1. The number of ether oxygens (including phenoxy) is 1. The van der Waals surface area contributed by atoms with E-state index in [4.69, 9.17) is 9.84 Å². The van der Waals surface area contributed by atoms with Gasteiger partial charge in [0.1, 0.15) is 10.8 Å². The van der Waals surface area contributed by atoms with Gasteiger partial charge in [-0.05, 0) is 12.1 Å². The number of carboxylic acid groups (broad SMARTS) is 1. The van der Waals surface area contributed by atoms with Crippen molar-refractivity contribution in [2.45, 2.75) is 11.4 Å². The SMILES string of the molecule is COc1cccc(S(=O)(=O)NCc2nc(C(=O)O)cs2)c1. The molecule has 2 rings (SSSR count). The van der Waals surface area contributed by atoms with Gasteiger partial charge in [-0.15, -0.1) is 11.3 Å². The molecule has 0 radical (unpaired) electrons. The van der Waals surface area contributed by atoms with Crippen molar-refractivity contribution in [3.8, 4) is 5.75 Å². The van der Waals surface area contributed by atoms with Crippen LogP contribution in [0.1, 0.15) is 15.5 Å². The Morgan fingerprint density at radius 3 is 2.86 bits per heavy atom. The molecule has 0 unspecified atom stereocenters. The van der Waals surface area contributed by atoms with E-state index in [1.165, 1.54) is 24.6 Å². The van der Waals surface area contributed by atoms with Crippen LogP contribution in [-0.4, -0.2) is 31.6 Å². The molecule has 0 amide bonds. The van der Waals surface area contributed by atoms with Crippen LogP contribution in [0, 0.1) is 0 Å². The molecule has 0 aliphatic carbocycles. The minimum absolute atomic E-state index is 0.0665. The summed E-state index contributed by atoms with van der Waals surface area (Å²) >= 11 is 1.08. The Hall–Kier alpha value is -1.97. The minimum Gasteiger partial charge on any atom is -0.497 e. The second-order valence-electron chi connectivity index (χ2n) is 3.94. The first-order chi connectivity index (χ1) is 9.92. The Kier molecular flexibility index (Phi) is 4.56. The highest BCUT2D eigenvalue weighted by atomic mass is 32.2. The van der Waals surface area contributed by atoms with E-state index in [-0.39, 0.29) is 17.1 Å². The van der Waals surface area contributed by atoms with Gasteiger partial charge in [-0.25, -0.2) is 22.9 Å². The maximum atomic E-state index is 12.1. The summed E-state index contributed by atoms with van der Waals surface area (Å²) in [5.41, 5.74) is -0.101. The highest BCUT2D eigenvalue weighted by Crippen LogP contribution is 2.17. The van der Waals surface area contributed by atoms with Crippen LogP contribution >= 0.6 is 11.3 Å². The van der Waals surface area contributed by atoms with Crippen LogP contribution in [0.4, 0.5) is 0 Å². The lowest BCUT2D eigenvalue weighted by Gasteiger charge is -2.06. The highest BCUT2D eigenvalue weighted by molar-refractivity contribution is 7.89. The molecule has 1 heterocycles. The van der Waals surface area contributed by atoms with E-state index in [9.17, 15) is 13.2 Å². The van der Waals surface area contributed by atoms with Gasteiger partial charge in [0.05, 0.1) is 18.6 Å². The zero-order valence-corrected chi connectivity index (χ0v) is 12.6. The number of nitrogens with one attached hydrogen (secondary N) is 1. The monoisotopic (exact) mass is 328 g/mol. The van der Waals surface area contributed by atoms with Gasteiger partial charge in [0.25, 0.3) is 0 Å². The zero-order chi connectivity index (χ0) is 15.5. The van der Waals surface area contributed by atoms with Gasteiger partial charge in [0, 0.05) is 11.4 Å². The number of rotatable bonds is 6. The highest BCUT2D eigenvalue weighted by Gasteiger charge is 2.16. The number of nitrogens with zero attached hydrogens (tertiary/aromatic N) is 1. The van der Waals surface area contributed by atoms with Crippen LogP contribution in [0.5, 0.6) is 5.75 Å².